The van der Waals surface area contributed by atoms with Crippen molar-refractivity contribution in [3.05, 3.63) is 0 Å². The van der Waals surface area contributed by atoms with E-state index in [1.807, 2.05) is 0 Å². The van der Waals surface area contributed by atoms with E-state index in [0.717, 1.165) is 0 Å². The van der Waals surface area contributed by atoms with E-state index in [4.69, 9.17) is 61.3 Å². The van der Waals surface area contributed by atoms with Crippen LogP contribution in [0.5, 0.6) is 0 Å². The van der Waals surface area contributed by atoms with Crippen molar-refractivity contribution in [1.82, 2.24) is 0 Å². The van der Waals surface area contributed by atoms with Gasteiger partial charge in [-0.05, 0) is 0 Å². The predicted molar refractivity (Wildman–Crippen MR) is 10.9 cm³/mol. The zero-order valence-electron chi connectivity index (χ0n) is 7.96. The summed E-state index contributed by atoms with van der Waals surface area (Å²) in [5.41, 5.74) is 0. The number of rotatable bonds is 2. The fourth-order valence-electron chi connectivity index (χ4n) is 0. The van der Waals surface area contributed by atoms with Gasteiger partial charge >= 0.3 is 58.4 Å². The van der Waals surface area contributed by atoms with E-state index in [1.165, 1.54) is 0 Å². The second-order valence-electron chi connectivity index (χ2n) is 2.22. The van der Waals surface area contributed by atoms with E-state index in [9.17, 15) is 0 Å². The largest absolute Gasteiger partial charge is 4.00 e. The molecule has 0 aliphatic carbocycles. The molecule has 0 heterocycles. The molecule has 0 saturated heterocycles. The normalized spacial score (nSPS) is 12.0. The Morgan fingerprint density at radius 3 is 0.316 bits per heavy atom. The summed E-state index contributed by atoms with van der Waals surface area (Å²) in [5.74, 6) is -19.9. The van der Waals surface area contributed by atoms with Crippen LogP contribution in [0.3, 0.4) is 0 Å². The van der Waals surface area contributed by atoms with Gasteiger partial charge in [0.05, 0.1) is 0 Å². The fourth-order valence-corrected chi connectivity index (χ4v) is 0. The summed E-state index contributed by atoms with van der Waals surface area (Å²) in [7, 11) is 0. The molecule has 0 aromatic heterocycles. The summed E-state index contributed by atoms with van der Waals surface area (Å²) in [6.45, 7) is 0. The molecule has 0 N–H and O–H groups in total. The molecule has 0 atom stereocenters. The molecule has 15 heteroatoms. The van der Waals surface area contributed by atoms with Crippen molar-refractivity contribution in [2.75, 3.05) is 0 Å². The van der Waals surface area contributed by atoms with Gasteiger partial charge < -0.3 is 85.2 Å². The monoisotopic (exact) mass is 546 g/mol. The van der Waals surface area contributed by atoms with E-state index in [0.29, 0.717) is 0 Å². The molecule has 0 radical (unpaired) electrons. The van der Waals surface area contributed by atoms with Crippen LogP contribution in [0, 0.1) is 0 Å². The Kier molecular flexibility index (Phi) is 17.3. The van der Waals surface area contributed by atoms with Crippen molar-refractivity contribution >= 4 is 0 Å². The minimum Gasteiger partial charge on any atom is -0.879 e. The van der Waals surface area contributed by atoms with Crippen LogP contribution < -0.4 is 61.3 Å². The fraction of sp³-hybridized carbons (Fsp3) is 1.00. The van der Waals surface area contributed by atoms with Crippen molar-refractivity contribution < 1.29 is 120 Å². The summed E-state index contributed by atoms with van der Waals surface area (Å²) in [6.07, 6.45) is 0. The second-order valence-corrected chi connectivity index (χ2v) is 2.22. The molecular formula is C4O12Ru3. The molecule has 0 amide bonds. The molecule has 19 heavy (non-hydrogen) atoms. The Morgan fingerprint density at radius 1 is 0.263 bits per heavy atom. The van der Waals surface area contributed by atoms with Gasteiger partial charge in [-0.3, -0.25) is 0 Å². The van der Waals surface area contributed by atoms with Crippen molar-refractivity contribution in [1.29, 1.82) is 0 Å². The Labute approximate surface area is 143 Å². The molecule has 112 valence electrons. The Bertz CT molecular complexity index is 159. The maximum atomic E-state index is 9.08. The van der Waals surface area contributed by atoms with Crippen LogP contribution in [-0.2, 0) is 58.4 Å². The first-order valence-corrected chi connectivity index (χ1v) is 2.95. The average molecular weight is 543 g/mol. The molecule has 0 spiro atoms. The molecular weight excluding hydrogens is 543 g/mol. The number of hydrogen-bond acceptors (Lipinski definition) is 12. The van der Waals surface area contributed by atoms with Gasteiger partial charge in [0.2, 0.25) is 0 Å². The van der Waals surface area contributed by atoms with Crippen LogP contribution in [0.4, 0.5) is 0 Å². The second kappa shape index (κ2) is 10.2. The van der Waals surface area contributed by atoms with Crippen molar-refractivity contribution in [3.8, 4) is 0 Å². The van der Waals surface area contributed by atoms with Gasteiger partial charge in [-0.15, -0.1) is 0 Å². The molecule has 0 aromatic rings. The molecule has 0 rings (SSSR count). The summed E-state index contributed by atoms with van der Waals surface area (Å²) >= 11 is 0. The van der Waals surface area contributed by atoms with Crippen LogP contribution in [-0.4, -0.2) is 23.9 Å². The Balaban J connectivity index is -0.0000000594. The standard InChI is InChI=1S/2C2O6.3Ru/c2*3-1(4,5)2(6,7)8;;;/q2*-6;3*+4. The van der Waals surface area contributed by atoms with E-state index in [-0.39, 0.29) is 58.4 Å². The minimum atomic E-state index is -4.98. The first kappa shape index (κ1) is 32.4. The smallest absolute Gasteiger partial charge is 0.879 e. The summed E-state index contributed by atoms with van der Waals surface area (Å²) in [4.78, 5) is 0. The van der Waals surface area contributed by atoms with Gasteiger partial charge in [0.25, 0.3) is 0 Å². The van der Waals surface area contributed by atoms with E-state index in [1.54, 1.807) is 0 Å². The third kappa shape index (κ3) is 15.6. The van der Waals surface area contributed by atoms with Crippen LogP contribution >= 0.6 is 0 Å². The molecule has 12 nitrogen and oxygen atoms in total. The summed E-state index contributed by atoms with van der Waals surface area (Å²) in [6, 6.07) is 0. The van der Waals surface area contributed by atoms with Crippen LogP contribution in [0.1, 0.15) is 0 Å². The zero-order chi connectivity index (χ0) is 14.0. The van der Waals surface area contributed by atoms with Crippen molar-refractivity contribution in [2.24, 2.45) is 0 Å². The maximum Gasteiger partial charge on any atom is 4.00 e. The third-order valence-corrected chi connectivity index (χ3v) is 0.750. The first-order valence-electron chi connectivity index (χ1n) is 2.95. The van der Waals surface area contributed by atoms with Gasteiger partial charge in [0.15, 0.2) is 0 Å². The Hall–Kier alpha value is 1.39. The van der Waals surface area contributed by atoms with Gasteiger partial charge in [0.1, 0.15) is 0 Å². The van der Waals surface area contributed by atoms with Crippen molar-refractivity contribution in [3.63, 3.8) is 0 Å². The third-order valence-electron chi connectivity index (χ3n) is 0.750. The molecule has 0 aliphatic heterocycles. The molecule has 0 unspecified atom stereocenters. The minimum absolute atomic E-state index is 0. The van der Waals surface area contributed by atoms with E-state index in [2.05, 4.69) is 0 Å². The van der Waals surface area contributed by atoms with Crippen LogP contribution in [0.25, 0.3) is 0 Å². The molecule has 0 aliphatic rings. The quantitative estimate of drug-likeness (QED) is 0.232. The summed E-state index contributed by atoms with van der Waals surface area (Å²) < 4.78 is 0. The van der Waals surface area contributed by atoms with Gasteiger partial charge in [0, 0.05) is 0 Å². The SMILES string of the molecule is [O-]C([O-])([O-])C([O-])([O-])[O-].[O-]C([O-])([O-])C([O-])([O-])[O-].[Ru+4].[Ru+4].[Ru+4]. The number of hydrogen-bond donors (Lipinski definition) is 0. The van der Waals surface area contributed by atoms with Crippen LogP contribution in [0.2, 0.25) is 0 Å². The topological polar surface area (TPSA) is 277 Å². The zero-order valence-corrected chi connectivity index (χ0v) is 13.2. The molecule has 0 saturated carbocycles. The van der Waals surface area contributed by atoms with Gasteiger partial charge in [-0.1, -0.05) is 0 Å². The average Bonchev–Trinajstić information content (AvgIpc) is 1.77. The van der Waals surface area contributed by atoms with E-state index < -0.39 is 23.9 Å². The van der Waals surface area contributed by atoms with Crippen molar-refractivity contribution in [2.45, 2.75) is 23.9 Å². The maximum absolute atomic E-state index is 9.08. The molecule has 0 bridgehead atoms. The summed E-state index contributed by atoms with van der Waals surface area (Å²) in [5, 5.41) is 109. The van der Waals surface area contributed by atoms with E-state index >= 15 is 0 Å². The predicted octanol–water partition coefficient (Wildman–Crippen LogP) is -15.1. The first-order chi connectivity index (χ1) is 6.50. The molecule has 0 aromatic carbocycles. The van der Waals surface area contributed by atoms with Gasteiger partial charge in [-0.2, -0.15) is 0 Å². The molecule has 0 fully saturated rings. The van der Waals surface area contributed by atoms with Crippen LogP contribution in [0.15, 0.2) is 0 Å². The van der Waals surface area contributed by atoms with Gasteiger partial charge in [-0.25, -0.2) is 0 Å². The Morgan fingerprint density at radius 2 is 0.316 bits per heavy atom.